The van der Waals surface area contributed by atoms with Crippen molar-refractivity contribution in [3.63, 3.8) is 0 Å². The first-order valence-electron chi connectivity index (χ1n) is 21.3. The van der Waals surface area contributed by atoms with E-state index >= 15 is 0 Å². The molecule has 10 aromatic rings. The average Bonchev–Trinajstić information content (AvgIpc) is 3.68. The van der Waals surface area contributed by atoms with Gasteiger partial charge in [-0.15, -0.1) is 0 Å². The molecule has 0 aliphatic heterocycles. The Balaban J connectivity index is 1.16. The van der Waals surface area contributed by atoms with Crippen molar-refractivity contribution in [1.29, 1.82) is 0 Å². The zero-order chi connectivity index (χ0) is 41.1. The SMILES string of the molecule is C/C=C\C(=C/CC)n1c2ccccc2c2c(-c3cccc(N(c4ccc(-c5cccc(-c6ccccc6)c5)cc4)c4cccc(-c5ccccc5)c4)c3)cc3ccccc3c21. The fourth-order valence-electron chi connectivity index (χ4n) is 8.97. The number of rotatable bonds is 10. The lowest BCUT2D eigenvalue weighted by atomic mass is 9.94. The molecule has 0 saturated carbocycles. The number of anilines is 3. The summed E-state index contributed by atoms with van der Waals surface area (Å²) in [5, 5.41) is 4.97. The van der Waals surface area contributed by atoms with Crippen LogP contribution >= 0.6 is 0 Å². The van der Waals surface area contributed by atoms with Crippen LogP contribution in [0.3, 0.4) is 0 Å². The van der Waals surface area contributed by atoms with Gasteiger partial charge in [0.25, 0.3) is 0 Å². The zero-order valence-electron chi connectivity index (χ0n) is 34.5. The van der Waals surface area contributed by atoms with Crippen LogP contribution in [-0.2, 0) is 0 Å². The highest BCUT2D eigenvalue weighted by Gasteiger charge is 2.21. The van der Waals surface area contributed by atoms with Crippen LogP contribution in [0.4, 0.5) is 17.1 Å². The predicted molar refractivity (Wildman–Crippen MR) is 263 cm³/mol. The van der Waals surface area contributed by atoms with E-state index in [1.54, 1.807) is 0 Å². The number of allylic oxidation sites excluding steroid dienone is 4. The molecule has 0 saturated heterocycles. The molecule has 0 fully saturated rings. The molecule has 9 aromatic carbocycles. The van der Waals surface area contributed by atoms with Crippen LogP contribution in [0.1, 0.15) is 20.3 Å². The van der Waals surface area contributed by atoms with E-state index in [4.69, 9.17) is 0 Å². The highest BCUT2D eigenvalue weighted by molar-refractivity contribution is 6.24. The van der Waals surface area contributed by atoms with Crippen molar-refractivity contribution in [2.45, 2.75) is 20.3 Å². The van der Waals surface area contributed by atoms with Crippen LogP contribution in [0, 0.1) is 0 Å². The molecular formula is C59H46N2. The van der Waals surface area contributed by atoms with Gasteiger partial charge in [-0.3, -0.25) is 0 Å². The molecule has 0 radical (unpaired) electrons. The average molecular weight is 783 g/mol. The predicted octanol–water partition coefficient (Wildman–Crippen LogP) is 16.9. The molecule has 1 heterocycles. The Hall–Kier alpha value is -7.68. The molecule has 0 unspecified atom stereocenters. The van der Waals surface area contributed by atoms with E-state index < -0.39 is 0 Å². The van der Waals surface area contributed by atoms with Crippen molar-refractivity contribution in [3.05, 3.63) is 231 Å². The summed E-state index contributed by atoms with van der Waals surface area (Å²) in [6.45, 7) is 4.31. The minimum Gasteiger partial charge on any atom is -0.310 e. The normalized spacial score (nSPS) is 11.9. The number of fused-ring (bicyclic) bond motifs is 5. The van der Waals surface area contributed by atoms with Gasteiger partial charge in [0.2, 0.25) is 0 Å². The smallest absolute Gasteiger partial charge is 0.0625 e. The quantitative estimate of drug-likeness (QED) is 0.125. The standard InChI is InChI=1S/C59H46N2/c1-3-18-50(19-4-2)61-57-33-14-13-32-55(57)58-56(41-49-24-11-12-31-54(49)59(58)61)48-28-17-30-53(40-48)60(52-29-16-27-47(39-52)43-22-9-6-10-23-43)51-36-34-44(35-37-51)46-26-15-25-45(38-46)42-20-7-5-8-21-42/h3,5-41H,4H2,1-2H3/b18-3-,50-19+. The van der Waals surface area contributed by atoms with Gasteiger partial charge in [-0.05, 0) is 124 Å². The summed E-state index contributed by atoms with van der Waals surface area (Å²) < 4.78 is 2.47. The lowest BCUT2D eigenvalue weighted by Gasteiger charge is -2.27. The molecule has 0 aliphatic rings. The summed E-state index contributed by atoms with van der Waals surface area (Å²) in [4.78, 5) is 2.40. The number of nitrogens with zero attached hydrogens (tertiary/aromatic N) is 2. The van der Waals surface area contributed by atoms with Crippen molar-refractivity contribution in [3.8, 4) is 44.5 Å². The Morgan fingerprint density at radius 2 is 0.984 bits per heavy atom. The first kappa shape index (κ1) is 37.6. The van der Waals surface area contributed by atoms with Crippen molar-refractivity contribution in [1.82, 2.24) is 4.57 Å². The first-order chi connectivity index (χ1) is 30.2. The lowest BCUT2D eigenvalue weighted by Crippen LogP contribution is -2.10. The molecule has 61 heavy (non-hydrogen) atoms. The number of aromatic nitrogens is 1. The maximum atomic E-state index is 2.47. The maximum absolute atomic E-state index is 2.47. The van der Waals surface area contributed by atoms with Crippen molar-refractivity contribution in [2.75, 3.05) is 4.90 Å². The van der Waals surface area contributed by atoms with Crippen molar-refractivity contribution >= 4 is 55.3 Å². The largest absolute Gasteiger partial charge is 0.310 e. The van der Waals surface area contributed by atoms with Gasteiger partial charge in [-0.1, -0.05) is 177 Å². The van der Waals surface area contributed by atoms with E-state index in [9.17, 15) is 0 Å². The maximum Gasteiger partial charge on any atom is 0.0625 e. The van der Waals surface area contributed by atoms with Crippen LogP contribution in [0.25, 0.3) is 82.8 Å². The van der Waals surface area contributed by atoms with Crippen molar-refractivity contribution in [2.24, 2.45) is 0 Å². The second-order valence-electron chi connectivity index (χ2n) is 15.6. The Bertz CT molecular complexity index is 3220. The molecule has 2 nitrogen and oxygen atoms in total. The summed E-state index contributed by atoms with van der Waals surface area (Å²) >= 11 is 0. The summed E-state index contributed by atoms with van der Waals surface area (Å²) in [5.74, 6) is 0. The minimum absolute atomic E-state index is 0.940. The molecule has 0 N–H and O–H groups in total. The monoisotopic (exact) mass is 782 g/mol. The van der Waals surface area contributed by atoms with E-state index in [1.807, 2.05) is 0 Å². The fraction of sp³-hybridized carbons (Fsp3) is 0.0508. The van der Waals surface area contributed by atoms with Crippen LogP contribution < -0.4 is 4.90 Å². The third kappa shape index (κ3) is 7.13. The van der Waals surface area contributed by atoms with Gasteiger partial charge < -0.3 is 9.47 Å². The Labute approximate surface area is 358 Å². The topological polar surface area (TPSA) is 8.17 Å². The number of hydrogen-bond donors (Lipinski definition) is 0. The third-order valence-corrected chi connectivity index (χ3v) is 11.7. The summed E-state index contributed by atoms with van der Waals surface area (Å²) in [7, 11) is 0. The van der Waals surface area contributed by atoms with Crippen molar-refractivity contribution < 1.29 is 0 Å². The highest BCUT2D eigenvalue weighted by Crippen LogP contribution is 2.45. The second-order valence-corrected chi connectivity index (χ2v) is 15.6. The molecule has 0 amide bonds. The Morgan fingerprint density at radius 3 is 1.64 bits per heavy atom. The van der Waals surface area contributed by atoms with E-state index in [0.29, 0.717) is 0 Å². The molecule has 0 atom stereocenters. The molecular weight excluding hydrogens is 737 g/mol. The number of para-hydroxylation sites is 1. The molecule has 0 aliphatic carbocycles. The van der Waals surface area contributed by atoms with E-state index in [2.05, 4.69) is 254 Å². The van der Waals surface area contributed by atoms with Gasteiger partial charge in [0, 0.05) is 38.9 Å². The fourth-order valence-corrected chi connectivity index (χ4v) is 8.97. The van der Waals surface area contributed by atoms with Crippen LogP contribution in [0.2, 0.25) is 0 Å². The third-order valence-electron chi connectivity index (χ3n) is 11.7. The van der Waals surface area contributed by atoms with Gasteiger partial charge in [-0.25, -0.2) is 0 Å². The van der Waals surface area contributed by atoms with Crippen LogP contribution in [0.15, 0.2) is 231 Å². The first-order valence-corrected chi connectivity index (χ1v) is 21.3. The van der Waals surface area contributed by atoms with Gasteiger partial charge in [-0.2, -0.15) is 0 Å². The molecule has 2 heteroatoms. The summed E-state index contributed by atoms with van der Waals surface area (Å²) in [6.07, 6.45) is 7.66. The van der Waals surface area contributed by atoms with E-state index in [0.717, 1.165) is 23.5 Å². The molecule has 10 rings (SSSR count). The minimum atomic E-state index is 0.940. The van der Waals surface area contributed by atoms with Gasteiger partial charge in [0.15, 0.2) is 0 Å². The van der Waals surface area contributed by atoms with Gasteiger partial charge >= 0.3 is 0 Å². The summed E-state index contributed by atoms with van der Waals surface area (Å²) in [6, 6.07) is 77.2. The second kappa shape index (κ2) is 16.5. The Morgan fingerprint density at radius 1 is 0.459 bits per heavy atom. The summed E-state index contributed by atoms with van der Waals surface area (Å²) in [5.41, 5.74) is 16.5. The van der Waals surface area contributed by atoms with Gasteiger partial charge in [0.05, 0.1) is 11.0 Å². The Kier molecular flexibility index (Phi) is 10.2. The number of hydrogen-bond acceptors (Lipinski definition) is 1. The highest BCUT2D eigenvalue weighted by atomic mass is 15.1. The van der Waals surface area contributed by atoms with E-state index in [1.165, 1.54) is 82.8 Å². The van der Waals surface area contributed by atoms with Gasteiger partial charge in [0.1, 0.15) is 0 Å². The molecule has 1 aromatic heterocycles. The zero-order valence-corrected chi connectivity index (χ0v) is 34.5. The van der Waals surface area contributed by atoms with E-state index in [-0.39, 0.29) is 0 Å². The molecule has 0 spiro atoms. The molecule has 0 bridgehead atoms. The van der Waals surface area contributed by atoms with Crippen LogP contribution in [-0.4, -0.2) is 4.57 Å². The number of benzene rings is 9. The van der Waals surface area contributed by atoms with Crippen LogP contribution in [0.5, 0.6) is 0 Å². The lowest BCUT2D eigenvalue weighted by molar-refractivity contribution is 1.17. The molecule has 292 valence electrons.